The molecule has 224 valence electrons. The van der Waals surface area contributed by atoms with Gasteiger partial charge in [0.15, 0.2) is 0 Å². The maximum Gasteiger partial charge on any atom is 0.119 e. The van der Waals surface area contributed by atoms with Crippen LogP contribution in [0.1, 0.15) is 28.7 Å². The molecule has 2 unspecified atom stereocenters. The van der Waals surface area contributed by atoms with Crippen LogP contribution >= 0.6 is 0 Å². The van der Waals surface area contributed by atoms with Gasteiger partial charge in [0.25, 0.3) is 0 Å². The van der Waals surface area contributed by atoms with Gasteiger partial charge in [-0.3, -0.25) is 0 Å². The van der Waals surface area contributed by atoms with Crippen LogP contribution in [0.15, 0.2) is 109 Å². The third kappa shape index (κ3) is 8.24. The van der Waals surface area contributed by atoms with Gasteiger partial charge in [0.2, 0.25) is 0 Å². The van der Waals surface area contributed by atoms with Gasteiger partial charge in [-0.25, -0.2) is 0 Å². The van der Waals surface area contributed by atoms with Crippen LogP contribution in [-0.4, -0.2) is 65.1 Å². The van der Waals surface area contributed by atoms with E-state index < -0.39 is 0 Å². The van der Waals surface area contributed by atoms with E-state index in [0.717, 1.165) is 37.6 Å². The number of ether oxygens (including phenoxy) is 6. The van der Waals surface area contributed by atoms with Crippen LogP contribution in [-0.2, 0) is 30.8 Å². The average Bonchev–Trinajstić information content (AvgIpc) is 4.00. The zero-order valence-electron chi connectivity index (χ0n) is 24.6. The van der Waals surface area contributed by atoms with E-state index in [9.17, 15) is 0 Å². The lowest BCUT2D eigenvalue weighted by atomic mass is 9.66. The van der Waals surface area contributed by atoms with Gasteiger partial charge < -0.3 is 28.4 Å². The first-order chi connectivity index (χ1) is 21.3. The first-order valence-electron chi connectivity index (χ1n) is 15.2. The number of rotatable bonds is 18. The summed E-state index contributed by atoms with van der Waals surface area (Å²) in [6, 6.07) is 38.6. The van der Waals surface area contributed by atoms with Crippen LogP contribution < -0.4 is 9.47 Å². The van der Waals surface area contributed by atoms with Gasteiger partial charge in [-0.15, -0.1) is 0 Å². The second-order valence-corrected chi connectivity index (χ2v) is 11.1. The average molecular weight is 581 g/mol. The Morgan fingerprint density at radius 1 is 0.535 bits per heavy atom. The second kappa shape index (κ2) is 14.7. The SMILES string of the molecule is c1ccc(CCC(c2ccccc2)(c2ccc(OCCOCC3CO3)cc2)c2ccc(OCCOCC3CO3)cc2)cc1. The van der Waals surface area contributed by atoms with Crippen LogP contribution in [0, 0.1) is 0 Å². The Labute approximate surface area is 254 Å². The highest BCUT2D eigenvalue weighted by Crippen LogP contribution is 2.44. The Balaban J connectivity index is 1.23. The maximum absolute atomic E-state index is 6.00. The normalized spacial score (nSPS) is 18.5. The Kier molecular flexibility index (Phi) is 10.0. The molecular formula is C37H40O6. The molecule has 0 bridgehead atoms. The molecule has 0 radical (unpaired) electrons. The molecule has 6 heteroatoms. The number of hydrogen-bond donors (Lipinski definition) is 0. The van der Waals surface area contributed by atoms with E-state index in [1.165, 1.54) is 22.3 Å². The lowest BCUT2D eigenvalue weighted by Crippen LogP contribution is -2.30. The summed E-state index contributed by atoms with van der Waals surface area (Å²) in [5, 5.41) is 0. The summed E-state index contributed by atoms with van der Waals surface area (Å²) in [4.78, 5) is 0. The summed E-state index contributed by atoms with van der Waals surface area (Å²) in [6.07, 6.45) is 2.36. The van der Waals surface area contributed by atoms with Crippen molar-refractivity contribution in [3.63, 3.8) is 0 Å². The highest BCUT2D eigenvalue weighted by atomic mass is 16.6. The molecule has 2 heterocycles. The third-order valence-corrected chi connectivity index (χ3v) is 8.00. The van der Waals surface area contributed by atoms with Crippen molar-refractivity contribution >= 4 is 0 Å². The largest absolute Gasteiger partial charge is 0.491 e. The molecular weight excluding hydrogens is 540 g/mol. The molecule has 2 aliphatic rings. The molecule has 0 amide bonds. The summed E-state index contributed by atoms with van der Waals surface area (Å²) in [7, 11) is 0. The molecule has 0 saturated carbocycles. The van der Waals surface area contributed by atoms with Crippen molar-refractivity contribution in [1.29, 1.82) is 0 Å². The van der Waals surface area contributed by atoms with Gasteiger partial charge in [0.1, 0.15) is 36.9 Å². The van der Waals surface area contributed by atoms with E-state index in [1.807, 2.05) is 0 Å². The first-order valence-corrected chi connectivity index (χ1v) is 15.2. The fraction of sp³-hybridized carbons (Fsp3) is 0.351. The summed E-state index contributed by atoms with van der Waals surface area (Å²) in [6.45, 7) is 4.97. The van der Waals surface area contributed by atoms with E-state index in [-0.39, 0.29) is 17.6 Å². The molecule has 0 N–H and O–H groups in total. The van der Waals surface area contributed by atoms with Gasteiger partial charge in [-0.05, 0) is 59.4 Å². The fourth-order valence-corrected chi connectivity index (χ4v) is 5.50. The third-order valence-electron chi connectivity index (χ3n) is 8.00. The molecule has 4 aromatic rings. The summed E-state index contributed by atoms with van der Waals surface area (Å²) in [5.74, 6) is 1.67. The van der Waals surface area contributed by atoms with Crippen molar-refractivity contribution in [3.05, 3.63) is 131 Å². The van der Waals surface area contributed by atoms with Crippen molar-refractivity contribution in [2.24, 2.45) is 0 Å². The Hall–Kier alpha value is -3.68. The van der Waals surface area contributed by atoms with Gasteiger partial charge in [0.05, 0.1) is 39.6 Å². The van der Waals surface area contributed by atoms with Crippen LogP contribution in [0.25, 0.3) is 0 Å². The Morgan fingerprint density at radius 3 is 1.44 bits per heavy atom. The number of benzene rings is 4. The summed E-state index contributed by atoms with van der Waals surface area (Å²) in [5.41, 5.74) is 4.62. The van der Waals surface area contributed by atoms with Crippen LogP contribution in [0.5, 0.6) is 11.5 Å². The molecule has 6 nitrogen and oxygen atoms in total. The van der Waals surface area contributed by atoms with Crippen LogP contribution in [0.4, 0.5) is 0 Å². The molecule has 0 aromatic heterocycles. The highest BCUT2D eigenvalue weighted by Gasteiger charge is 2.36. The maximum atomic E-state index is 6.00. The molecule has 4 aromatic carbocycles. The Morgan fingerprint density at radius 2 is 0.977 bits per heavy atom. The lowest BCUT2D eigenvalue weighted by molar-refractivity contribution is 0.0878. The standard InChI is InChI=1S/C37H40O6/c1-3-7-29(8-4-1)19-20-37(30-9-5-2-6-10-30,31-11-15-33(16-12-31)40-23-21-38-25-35-27-42-35)32-13-17-34(18-14-32)41-24-22-39-26-36-28-43-36/h1-18,35-36H,19-28H2. The lowest BCUT2D eigenvalue weighted by Gasteiger charge is -2.36. The molecule has 2 saturated heterocycles. The predicted octanol–water partition coefficient (Wildman–Crippen LogP) is 6.24. The van der Waals surface area contributed by atoms with Crippen molar-refractivity contribution in [3.8, 4) is 11.5 Å². The summed E-state index contributed by atoms with van der Waals surface area (Å²) >= 11 is 0. The number of hydrogen-bond acceptors (Lipinski definition) is 6. The minimum atomic E-state index is -0.380. The summed E-state index contributed by atoms with van der Waals surface area (Å²) < 4.78 is 33.7. The van der Waals surface area contributed by atoms with E-state index in [4.69, 9.17) is 28.4 Å². The second-order valence-electron chi connectivity index (χ2n) is 11.1. The molecule has 6 rings (SSSR count). The number of epoxide rings is 2. The minimum absolute atomic E-state index is 0.267. The zero-order valence-corrected chi connectivity index (χ0v) is 24.6. The van der Waals surface area contributed by atoms with Crippen molar-refractivity contribution in [2.75, 3.05) is 52.9 Å². The molecule has 0 aliphatic carbocycles. The van der Waals surface area contributed by atoms with Gasteiger partial charge in [-0.1, -0.05) is 84.9 Å². The number of aryl methyl sites for hydroxylation is 1. The molecule has 43 heavy (non-hydrogen) atoms. The topological polar surface area (TPSA) is 62.0 Å². The van der Waals surface area contributed by atoms with E-state index >= 15 is 0 Å². The van der Waals surface area contributed by atoms with Gasteiger partial charge in [-0.2, -0.15) is 0 Å². The monoisotopic (exact) mass is 580 g/mol. The fourth-order valence-electron chi connectivity index (χ4n) is 5.50. The van der Waals surface area contributed by atoms with Gasteiger partial charge >= 0.3 is 0 Å². The molecule has 0 spiro atoms. The predicted molar refractivity (Wildman–Crippen MR) is 166 cm³/mol. The first kappa shape index (κ1) is 29.4. The molecule has 2 aliphatic heterocycles. The van der Waals surface area contributed by atoms with E-state index in [2.05, 4.69) is 109 Å². The Bertz CT molecular complexity index is 1300. The molecule has 2 atom stereocenters. The zero-order chi connectivity index (χ0) is 29.2. The quantitative estimate of drug-likeness (QED) is 0.0789. The van der Waals surface area contributed by atoms with Gasteiger partial charge in [0, 0.05) is 5.41 Å². The van der Waals surface area contributed by atoms with Crippen molar-refractivity contribution in [2.45, 2.75) is 30.5 Å². The minimum Gasteiger partial charge on any atom is -0.491 e. The highest BCUT2D eigenvalue weighted by molar-refractivity contribution is 5.52. The van der Waals surface area contributed by atoms with Crippen LogP contribution in [0.3, 0.4) is 0 Å². The van der Waals surface area contributed by atoms with Crippen molar-refractivity contribution < 1.29 is 28.4 Å². The van der Waals surface area contributed by atoms with E-state index in [1.54, 1.807) is 0 Å². The van der Waals surface area contributed by atoms with E-state index in [0.29, 0.717) is 39.6 Å². The van der Waals surface area contributed by atoms with Crippen molar-refractivity contribution in [1.82, 2.24) is 0 Å². The van der Waals surface area contributed by atoms with Crippen LogP contribution in [0.2, 0.25) is 0 Å². The smallest absolute Gasteiger partial charge is 0.119 e. The molecule has 2 fully saturated rings.